The molecule has 17 heavy (non-hydrogen) atoms. The Bertz CT molecular complexity index is 220. The van der Waals surface area contributed by atoms with Crippen LogP contribution < -0.4 is 47.9 Å². The van der Waals surface area contributed by atoms with E-state index in [4.69, 9.17) is 0 Å². The molecular weight excluding hydrogens is 210 g/mol. The molecule has 0 amide bonds. The van der Waals surface area contributed by atoms with Gasteiger partial charge in [0.15, 0.2) is 0 Å². The van der Waals surface area contributed by atoms with Gasteiger partial charge in [0.25, 0.3) is 0 Å². The van der Waals surface area contributed by atoms with E-state index >= 15 is 0 Å². The van der Waals surface area contributed by atoms with Crippen LogP contribution in [0.2, 0.25) is 0 Å². The van der Waals surface area contributed by atoms with E-state index in [0.717, 1.165) is 19.3 Å². The number of aliphatic carboxylic acids is 2. The Balaban J connectivity index is -0.000000980. The van der Waals surface area contributed by atoms with Crippen LogP contribution in [0.4, 0.5) is 0 Å². The molecule has 0 aromatic heterocycles. The first-order valence-electron chi connectivity index (χ1n) is 5.37. The van der Waals surface area contributed by atoms with Crippen LogP contribution in [0.3, 0.4) is 0 Å². The fourth-order valence-electron chi connectivity index (χ4n) is 2.01. The van der Waals surface area contributed by atoms with E-state index in [2.05, 4.69) is 0 Å². The second kappa shape index (κ2) is 11.2. The van der Waals surface area contributed by atoms with Crippen molar-refractivity contribution >= 4 is 11.9 Å². The van der Waals surface area contributed by atoms with Crippen molar-refractivity contribution in [3.63, 3.8) is 0 Å². The summed E-state index contributed by atoms with van der Waals surface area (Å²) in [6.07, 6.45) is 2.51. The van der Waals surface area contributed by atoms with Crippen LogP contribution in [-0.2, 0) is 9.59 Å². The van der Waals surface area contributed by atoms with Crippen molar-refractivity contribution in [3.8, 4) is 0 Å². The quantitative estimate of drug-likeness (QED) is 0.320. The smallest absolute Gasteiger partial charge is 0.549 e. The molecule has 0 heterocycles. The van der Waals surface area contributed by atoms with Gasteiger partial charge >= 0.3 is 37.7 Å². The average Bonchev–Trinajstić information content (AvgIpc) is 2.12. The van der Waals surface area contributed by atoms with Gasteiger partial charge in [-0.1, -0.05) is 40.0 Å². The molecule has 0 spiro atoms. The number of rotatable bonds is 7. The Morgan fingerprint density at radius 2 is 1.47 bits per heavy atom. The molecule has 0 N–H and O–H groups in total. The molecule has 0 aliphatic rings. The second-order valence-corrected chi connectivity index (χ2v) is 3.93. The molecule has 2 atom stereocenters. The summed E-state index contributed by atoms with van der Waals surface area (Å²) in [7, 11) is 0. The van der Waals surface area contributed by atoms with Crippen molar-refractivity contribution in [3.05, 3.63) is 0 Å². The first-order chi connectivity index (χ1) is 6.95. The summed E-state index contributed by atoms with van der Waals surface area (Å²) in [5.74, 6) is -4.93. The zero-order valence-electron chi connectivity index (χ0n) is 11.5. The Kier molecular flexibility index (Phi) is 14.8. The van der Waals surface area contributed by atoms with Gasteiger partial charge in [-0.05, 0) is 11.8 Å². The molecule has 2 unspecified atom stereocenters. The van der Waals surface area contributed by atoms with Crippen molar-refractivity contribution in [2.24, 2.45) is 17.8 Å². The van der Waals surface area contributed by atoms with E-state index in [1.54, 1.807) is 6.92 Å². The van der Waals surface area contributed by atoms with Crippen molar-refractivity contribution in [1.29, 1.82) is 0 Å². The maximum absolute atomic E-state index is 10.7. The molecule has 0 bridgehead atoms. The molecule has 0 aromatic carbocycles. The molecule has 0 fully saturated rings. The molecule has 6 heteroatoms. The predicted molar refractivity (Wildman–Crippen MR) is 51.4 cm³/mol. The first kappa shape index (κ1) is 22.3. The van der Waals surface area contributed by atoms with E-state index in [9.17, 15) is 19.8 Å². The zero-order chi connectivity index (χ0) is 12.0. The molecule has 88 valence electrons. The third-order valence-electron chi connectivity index (χ3n) is 2.96. The van der Waals surface area contributed by atoms with Crippen LogP contribution in [0.5, 0.6) is 0 Å². The van der Waals surface area contributed by atoms with E-state index in [1.807, 2.05) is 13.8 Å². The average molecular weight is 228 g/mol. The molecule has 0 radical (unpaired) electrons. The van der Waals surface area contributed by atoms with Gasteiger partial charge in [-0.3, -0.25) is 0 Å². The van der Waals surface area contributed by atoms with Crippen LogP contribution in [0.1, 0.15) is 40.0 Å². The van der Waals surface area contributed by atoms with E-state index in [0.29, 0.717) is 0 Å². The van der Waals surface area contributed by atoms with Crippen molar-refractivity contribution in [1.82, 2.24) is 0 Å². The van der Waals surface area contributed by atoms with E-state index < -0.39 is 23.8 Å². The zero-order valence-corrected chi connectivity index (χ0v) is 11.5. The summed E-state index contributed by atoms with van der Waals surface area (Å²) in [6, 6.07) is 0. The first-order valence-corrected chi connectivity index (χ1v) is 5.37. The largest absolute Gasteiger partial charge is 1.00 e. The number of carboxylic acid groups (broad SMARTS) is 2. The fraction of sp³-hybridized carbons (Fsp3) is 0.818. The van der Waals surface area contributed by atoms with Crippen molar-refractivity contribution in [2.75, 3.05) is 0 Å². The number of hydrogen-bond acceptors (Lipinski definition) is 4. The van der Waals surface area contributed by atoms with Gasteiger partial charge in [0.1, 0.15) is 0 Å². The Morgan fingerprint density at radius 3 is 1.71 bits per heavy atom. The SMILES string of the molecule is CCCC(CC)C(C)C(C(=O)[O-])C(=O)[O-].[Li+].[Li+]. The standard InChI is InChI=1S/C11H20O4.2Li/c1-4-6-8(5-2)7(3)9(10(12)13)11(14)15;;/h7-9H,4-6H2,1-3H3,(H,12,13)(H,14,15);;/q;2*+1/p-2. The summed E-state index contributed by atoms with van der Waals surface area (Å²) in [5, 5.41) is 21.4. The van der Waals surface area contributed by atoms with Crippen LogP contribution in [0.25, 0.3) is 0 Å². The maximum atomic E-state index is 10.7. The molecule has 0 saturated heterocycles. The van der Waals surface area contributed by atoms with Gasteiger partial charge in [-0.25, -0.2) is 0 Å². The monoisotopic (exact) mass is 228 g/mol. The minimum atomic E-state index is -1.54. The van der Waals surface area contributed by atoms with Crippen LogP contribution in [0, 0.1) is 17.8 Å². The summed E-state index contributed by atoms with van der Waals surface area (Å²) in [4.78, 5) is 21.4. The number of carboxylic acids is 2. The van der Waals surface area contributed by atoms with Crippen LogP contribution >= 0.6 is 0 Å². The Labute approximate surface area is 127 Å². The van der Waals surface area contributed by atoms with Gasteiger partial charge in [0, 0.05) is 5.92 Å². The third kappa shape index (κ3) is 7.22. The third-order valence-corrected chi connectivity index (χ3v) is 2.96. The number of carbonyl (C=O) groups excluding carboxylic acids is 2. The molecule has 0 saturated carbocycles. The van der Waals surface area contributed by atoms with E-state index in [1.165, 1.54) is 0 Å². The Hall–Kier alpha value is 0.135. The van der Waals surface area contributed by atoms with Crippen LogP contribution in [0.15, 0.2) is 0 Å². The summed E-state index contributed by atoms with van der Waals surface area (Å²) >= 11 is 0. The molecular formula is C11H18Li2O4. The molecule has 0 rings (SSSR count). The maximum Gasteiger partial charge on any atom is 1.00 e. The Morgan fingerprint density at radius 1 is 1.06 bits per heavy atom. The second-order valence-electron chi connectivity index (χ2n) is 3.93. The summed E-state index contributed by atoms with van der Waals surface area (Å²) in [5.41, 5.74) is 0. The van der Waals surface area contributed by atoms with Crippen molar-refractivity contribution in [2.45, 2.75) is 40.0 Å². The summed E-state index contributed by atoms with van der Waals surface area (Å²) < 4.78 is 0. The van der Waals surface area contributed by atoms with Gasteiger partial charge in [0.2, 0.25) is 0 Å². The van der Waals surface area contributed by atoms with Gasteiger partial charge < -0.3 is 19.8 Å². The topological polar surface area (TPSA) is 80.3 Å². The van der Waals surface area contributed by atoms with E-state index in [-0.39, 0.29) is 43.6 Å². The molecule has 4 nitrogen and oxygen atoms in total. The van der Waals surface area contributed by atoms with Crippen LogP contribution in [-0.4, -0.2) is 11.9 Å². The van der Waals surface area contributed by atoms with Crippen molar-refractivity contribution < 1.29 is 57.5 Å². The number of hydrogen-bond donors (Lipinski definition) is 0. The fourth-order valence-corrected chi connectivity index (χ4v) is 2.01. The van der Waals surface area contributed by atoms with Gasteiger partial charge in [-0.2, -0.15) is 0 Å². The van der Waals surface area contributed by atoms with Gasteiger partial charge in [-0.15, -0.1) is 0 Å². The predicted octanol–water partition coefficient (Wildman–Crippen LogP) is -6.43. The molecule has 0 aromatic rings. The minimum absolute atomic E-state index is 0. The molecule has 0 aliphatic heterocycles. The normalized spacial score (nSPS) is 13.2. The minimum Gasteiger partial charge on any atom is -0.549 e. The number of carbonyl (C=O) groups is 2. The summed E-state index contributed by atoms with van der Waals surface area (Å²) in [6.45, 7) is 5.56. The van der Waals surface area contributed by atoms with Gasteiger partial charge in [0.05, 0.1) is 11.9 Å². The molecule has 0 aliphatic carbocycles.